The average molecular weight is 237 g/mol. The molecule has 0 heterocycles. The van der Waals surface area contributed by atoms with Crippen LogP contribution in [0.15, 0.2) is 12.1 Å². The molecule has 1 unspecified atom stereocenters. The predicted molar refractivity (Wildman–Crippen MR) is 66.8 cm³/mol. The minimum absolute atomic E-state index is 0.384. The smallest absolute Gasteiger partial charge is 0.312 e. The third kappa shape index (κ3) is 2.97. The number of carbonyl (C=O) groups is 1. The van der Waals surface area contributed by atoms with Crippen molar-refractivity contribution in [1.82, 2.24) is 5.32 Å². The fraction of sp³-hybridized carbons (Fsp3) is 0.462. The summed E-state index contributed by atoms with van der Waals surface area (Å²) in [7, 11) is 3.31. The van der Waals surface area contributed by atoms with Crippen molar-refractivity contribution < 1.29 is 14.6 Å². The van der Waals surface area contributed by atoms with Crippen LogP contribution in [0.5, 0.6) is 5.75 Å². The lowest BCUT2D eigenvalue weighted by Crippen LogP contribution is -2.24. The van der Waals surface area contributed by atoms with Crippen LogP contribution in [0.3, 0.4) is 0 Å². The molecular formula is C13H19NO3. The van der Waals surface area contributed by atoms with Crippen LogP contribution in [0.1, 0.15) is 22.6 Å². The van der Waals surface area contributed by atoms with Crippen molar-refractivity contribution in [3.05, 3.63) is 28.8 Å². The Morgan fingerprint density at radius 1 is 1.47 bits per heavy atom. The van der Waals surface area contributed by atoms with Crippen LogP contribution in [0.25, 0.3) is 0 Å². The number of hydrogen-bond acceptors (Lipinski definition) is 3. The number of aryl methyl sites for hydroxylation is 2. The summed E-state index contributed by atoms with van der Waals surface area (Å²) in [5.41, 5.74) is 2.73. The molecule has 4 nitrogen and oxygen atoms in total. The van der Waals surface area contributed by atoms with Gasteiger partial charge >= 0.3 is 5.97 Å². The molecule has 2 N–H and O–H groups in total. The van der Waals surface area contributed by atoms with Gasteiger partial charge < -0.3 is 15.2 Å². The molecule has 0 saturated heterocycles. The number of methoxy groups -OCH3 is 1. The third-order valence-corrected chi connectivity index (χ3v) is 2.73. The number of likely N-dealkylation sites (N-methyl/N-ethyl adjacent to an activating group) is 1. The van der Waals surface area contributed by atoms with Gasteiger partial charge in [0.1, 0.15) is 5.75 Å². The van der Waals surface area contributed by atoms with E-state index in [2.05, 4.69) is 5.32 Å². The summed E-state index contributed by atoms with van der Waals surface area (Å²) in [5.74, 6) is -0.769. The van der Waals surface area contributed by atoms with Crippen molar-refractivity contribution >= 4 is 5.97 Å². The van der Waals surface area contributed by atoms with Crippen LogP contribution in [0, 0.1) is 13.8 Å². The molecule has 0 aromatic heterocycles. The van der Waals surface area contributed by atoms with Gasteiger partial charge in [-0.05, 0) is 26.5 Å². The summed E-state index contributed by atoms with van der Waals surface area (Å²) >= 11 is 0. The van der Waals surface area contributed by atoms with Crippen molar-refractivity contribution in [2.45, 2.75) is 19.8 Å². The van der Waals surface area contributed by atoms with Crippen molar-refractivity contribution in [2.75, 3.05) is 20.7 Å². The average Bonchev–Trinajstić information content (AvgIpc) is 2.24. The second-order valence-electron chi connectivity index (χ2n) is 4.15. The topological polar surface area (TPSA) is 58.6 Å². The highest BCUT2D eigenvalue weighted by Gasteiger charge is 2.23. The van der Waals surface area contributed by atoms with Crippen molar-refractivity contribution in [3.8, 4) is 5.75 Å². The molecule has 0 fully saturated rings. The van der Waals surface area contributed by atoms with Gasteiger partial charge in [0.2, 0.25) is 0 Å². The minimum Gasteiger partial charge on any atom is -0.496 e. The van der Waals surface area contributed by atoms with Gasteiger partial charge in [-0.2, -0.15) is 0 Å². The molecular weight excluding hydrogens is 218 g/mol. The molecule has 0 aliphatic rings. The monoisotopic (exact) mass is 237 g/mol. The van der Waals surface area contributed by atoms with E-state index in [4.69, 9.17) is 4.74 Å². The van der Waals surface area contributed by atoms with Crippen LogP contribution in [0.4, 0.5) is 0 Å². The summed E-state index contributed by atoms with van der Waals surface area (Å²) < 4.78 is 5.32. The fourth-order valence-corrected chi connectivity index (χ4v) is 2.06. The van der Waals surface area contributed by atoms with Gasteiger partial charge in [0.05, 0.1) is 13.0 Å². The Balaban J connectivity index is 3.30. The first-order chi connectivity index (χ1) is 8.01. The summed E-state index contributed by atoms with van der Waals surface area (Å²) in [5, 5.41) is 12.2. The molecule has 0 amide bonds. The van der Waals surface area contributed by atoms with Gasteiger partial charge in [0.15, 0.2) is 0 Å². The van der Waals surface area contributed by atoms with Gasteiger partial charge in [-0.3, -0.25) is 4.79 Å². The van der Waals surface area contributed by atoms with E-state index in [0.717, 1.165) is 16.7 Å². The zero-order chi connectivity index (χ0) is 13.0. The summed E-state index contributed by atoms with van der Waals surface area (Å²) in [4.78, 5) is 11.3. The van der Waals surface area contributed by atoms with Gasteiger partial charge in [-0.15, -0.1) is 0 Å². The standard InChI is InChI=1S/C13H19NO3/c1-8-5-9(2)12(17-4)10(6-8)11(7-14-3)13(15)16/h5-6,11,14H,7H2,1-4H3,(H,15,16). The third-order valence-electron chi connectivity index (χ3n) is 2.73. The Bertz CT molecular complexity index is 415. The molecule has 1 rings (SSSR count). The Morgan fingerprint density at radius 2 is 2.12 bits per heavy atom. The number of benzene rings is 1. The molecule has 0 aliphatic carbocycles. The van der Waals surface area contributed by atoms with Crippen LogP contribution in [-0.2, 0) is 4.79 Å². The Hall–Kier alpha value is -1.55. The normalized spacial score (nSPS) is 12.2. The summed E-state index contributed by atoms with van der Waals surface area (Å²) in [6.07, 6.45) is 0. The van der Waals surface area contributed by atoms with E-state index in [1.165, 1.54) is 0 Å². The highest BCUT2D eigenvalue weighted by Crippen LogP contribution is 2.31. The van der Waals surface area contributed by atoms with E-state index in [9.17, 15) is 9.90 Å². The number of nitrogens with one attached hydrogen (secondary N) is 1. The highest BCUT2D eigenvalue weighted by atomic mass is 16.5. The lowest BCUT2D eigenvalue weighted by molar-refractivity contribution is -0.138. The van der Waals surface area contributed by atoms with Gasteiger partial charge in [-0.25, -0.2) is 0 Å². The molecule has 1 atom stereocenters. The number of aliphatic carboxylic acids is 1. The van der Waals surface area contributed by atoms with Crippen LogP contribution in [-0.4, -0.2) is 31.8 Å². The zero-order valence-electron chi connectivity index (χ0n) is 10.7. The first kappa shape index (κ1) is 13.5. The molecule has 4 heteroatoms. The lowest BCUT2D eigenvalue weighted by atomic mass is 9.94. The lowest BCUT2D eigenvalue weighted by Gasteiger charge is -2.18. The van der Waals surface area contributed by atoms with E-state index in [0.29, 0.717) is 12.3 Å². The molecule has 94 valence electrons. The number of rotatable bonds is 5. The maximum absolute atomic E-state index is 11.3. The number of carboxylic acid groups (broad SMARTS) is 1. The molecule has 1 aromatic rings. The first-order valence-electron chi connectivity index (χ1n) is 5.53. The Kier molecular flexibility index (Phi) is 4.52. The Labute approximate surface area is 102 Å². The van der Waals surface area contributed by atoms with Gasteiger partial charge in [-0.1, -0.05) is 17.7 Å². The number of hydrogen-bond donors (Lipinski definition) is 2. The van der Waals surface area contributed by atoms with Crippen molar-refractivity contribution in [2.24, 2.45) is 0 Å². The van der Waals surface area contributed by atoms with E-state index < -0.39 is 11.9 Å². The van der Waals surface area contributed by atoms with E-state index in [1.54, 1.807) is 14.2 Å². The second kappa shape index (κ2) is 5.68. The van der Waals surface area contributed by atoms with E-state index in [1.807, 2.05) is 26.0 Å². The summed E-state index contributed by atoms with van der Waals surface area (Å²) in [6.45, 7) is 4.26. The molecule has 0 aliphatic heterocycles. The molecule has 0 radical (unpaired) electrons. The largest absolute Gasteiger partial charge is 0.496 e. The molecule has 1 aromatic carbocycles. The fourth-order valence-electron chi connectivity index (χ4n) is 2.06. The van der Waals surface area contributed by atoms with Gasteiger partial charge in [0.25, 0.3) is 0 Å². The van der Waals surface area contributed by atoms with E-state index >= 15 is 0 Å². The van der Waals surface area contributed by atoms with Crippen molar-refractivity contribution in [1.29, 1.82) is 0 Å². The maximum atomic E-state index is 11.3. The quantitative estimate of drug-likeness (QED) is 0.818. The second-order valence-corrected chi connectivity index (χ2v) is 4.15. The zero-order valence-corrected chi connectivity index (χ0v) is 10.7. The molecule has 0 saturated carbocycles. The van der Waals surface area contributed by atoms with Crippen LogP contribution >= 0.6 is 0 Å². The molecule has 0 bridgehead atoms. The molecule has 0 spiro atoms. The maximum Gasteiger partial charge on any atom is 0.312 e. The minimum atomic E-state index is -0.845. The SMILES string of the molecule is CNCC(C(=O)O)c1cc(C)cc(C)c1OC. The van der Waals surface area contributed by atoms with E-state index in [-0.39, 0.29) is 0 Å². The summed E-state index contributed by atoms with van der Waals surface area (Å²) in [6, 6.07) is 3.86. The van der Waals surface area contributed by atoms with Gasteiger partial charge in [0, 0.05) is 12.1 Å². The highest BCUT2D eigenvalue weighted by molar-refractivity contribution is 5.78. The van der Waals surface area contributed by atoms with Crippen LogP contribution < -0.4 is 10.1 Å². The number of carboxylic acids is 1. The van der Waals surface area contributed by atoms with Crippen molar-refractivity contribution in [3.63, 3.8) is 0 Å². The number of ether oxygens (including phenoxy) is 1. The molecule has 17 heavy (non-hydrogen) atoms. The van der Waals surface area contributed by atoms with Crippen LogP contribution in [0.2, 0.25) is 0 Å². The first-order valence-corrected chi connectivity index (χ1v) is 5.53. The predicted octanol–water partition coefficient (Wildman–Crippen LogP) is 1.70. The Morgan fingerprint density at radius 3 is 2.59 bits per heavy atom.